The van der Waals surface area contributed by atoms with E-state index in [9.17, 15) is 53.1 Å². The number of hydrogen-bond acceptors (Lipinski definition) is 14. The number of ether oxygens (including phenoxy) is 2. The number of benzene rings is 2. The molecule has 2 heterocycles. The smallest absolute Gasteiger partial charge is 0.343 e. The van der Waals surface area contributed by atoms with Crippen LogP contribution in [0.4, 0.5) is 4.39 Å². The third kappa shape index (κ3) is 14.6. The average molecular weight is 1130 g/mol. The van der Waals surface area contributed by atoms with Crippen LogP contribution < -0.4 is 37.3 Å². The van der Waals surface area contributed by atoms with E-state index in [0.717, 1.165) is 24.0 Å². The summed E-state index contributed by atoms with van der Waals surface area (Å²) in [6.07, 6.45) is 8.35. The van der Waals surface area contributed by atoms with Crippen LogP contribution in [0, 0.1) is 18.7 Å². The number of ketones is 2. The Bertz CT molecular complexity index is 3320. The SMILES string of the molecule is CCc1c(-c2ccc(=O)c3c(c2)[C@@](O)(CC)C(=O)OC3)nc2cc(F)c(C)c3c2c1[C@@H](NC(=O)[C@H](CC1CC1)OCNC(=O)CNC(=O)[C@H](Cc1ccccc1)NC(=O)CNC(=O)CNC(=O)CCCCCC1=CC(=O)C=CC1=O)CC3. The Balaban J connectivity index is 0.862. The molecule has 6 amide bonds. The Morgan fingerprint density at radius 1 is 0.829 bits per heavy atom. The lowest BCUT2D eigenvalue weighted by molar-refractivity contribution is -0.172. The van der Waals surface area contributed by atoms with E-state index in [2.05, 4.69) is 31.9 Å². The minimum atomic E-state index is -2.10. The fraction of sp³-hybridized carbons (Fsp3) is 0.426. The normalized spacial score (nSPS) is 17.8. The summed E-state index contributed by atoms with van der Waals surface area (Å²) >= 11 is 0. The largest absolute Gasteiger partial charge is 0.458 e. The van der Waals surface area contributed by atoms with Crippen molar-refractivity contribution in [2.75, 3.05) is 26.4 Å². The Labute approximate surface area is 472 Å². The molecule has 3 aliphatic carbocycles. The minimum Gasteiger partial charge on any atom is -0.458 e. The van der Waals surface area contributed by atoms with Gasteiger partial charge in [-0.15, -0.1) is 0 Å². The van der Waals surface area contributed by atoms with Gasteiger partial charge in [-0.05, 0) is 128 Å². The van der Waals surface area contributed by atoms with Crippen molar-refractivity contribution in [2.45, 2.75) is 135 Å². The number of aliphatic hydroxyl groups is 1. The molecule has 432 valence electrons. The standard InChI is InChI=1S/C61H68FN7O13/c1-4-40-55-45(21-20-41-34(3)44(62)28-46(56(41)55)68-57(40)38-18-22-49(72)42-32-81-60(79)61(80,5-2)43(42)27-38)69-59(78)50(25-36-16-17-36)82-33-66-53(75)30-65-58(77)47(24-35-12-8-6-9-13-35)67-54(76)31-64-52(74)29-63-51(73)15-11-7-10-14-37-26-39(70)19-23-48(37)71/h6,8-9,12-13,18-19,22-23,26-28,36,45,47,50,80H,4-5,7,10-11,14-17,20-21,24-25,29-33H2,1-3H3,(H,63,73)(H,64,74)(H,65,77)(H,66,75)(H,67,76)(H,69,78)/t45-,47-,50-,61-/m0/s1. The highest BCUT2D eigenvalue weighted by Gasteiger charge is 2.44. The second-order valence-corrected chi connectivity index (χ2v) is 21.1. The number of esters is 1. The summed E-state index contributed by atoms with van der Waals surface area (Å²) in [7, 11) is 0. The maximum Gasteiger partial charge on any atom is 0.343 e. The van der Waals surface area contributed by atoms with Crippen LogP contribution in [-0.2, 0) is 84.1 Å². The number of fused-ring (bicyclic) bond motifs is 1. The predicted molar refractivity (Wildman–Crippen MR) is 297 cm³/mol. The van der Waals surface area contributed by atoms with Gasteiger partial charge in [-0.1, -0.05) is 63.4 Å². The summed E-state index contributed by atoms with van der Waals surface area (Å²) < 4.78 is 27.0. The Hall–Kier alpha value is -8.30. The zero-order valence-corrected chi connectivity index (χ0v) is 46.1. The Morgan fingerprint density at radius 2 is 1.56 bits per heavy atom. The van der Waals surface area contributed by atoms with Gasteiger partial charge in [-0.25, -0.2) is 14.2 Å². The third-order valence-electron chi connectivity index (χ3n) is 15.4. The van der Waals surface area contributed by atoms with Crippen molar-refractivity contribution < 1.29 is 62.1 Å². The maximum absolute atomic E-state index is 15.7. The first-order valence-electron chi connectivity index (χ1n) is 27.9. The lowest BCUT2D eigenvalue weighted by Crippen LogP contribution is -2.52. The molecule has 4 atom stereocenters. The predicted octanol–water partition coefficient (Wildman–Crippen LogP) is 3.95. The molecule has 0 spiro atoms. The van der Waals surface area contributed by atoms with Gasteiger partial charge in [0.1, 0.15) is 31.3 Å². The van der Waals surface area contributed by atoms with E-state index < -0.39 is 96.9 Å². The number of unbranched alkanes of at least 4 members (excludes halogenated alkanes) is 2. The number of rotatable bonds is 26. The van der Waals surface area contributed by atoms with E-state index in [4.69, 9.17) is 14.5 Å². The van der Waals surface area contributed by atoms with Gasteiger partial charge in [-0.3, -0.25) is 43.2 Å². The number of aryl methyl sites for hydroxylation is 1. The van der Waals surface area contributed by atoms with Gasteiger partial charge in [0, 0.05) is 46.6 Å². The van der Waals surface area contributed by atoms with Crippen LogP contribution >= 0.6 is 0 Å². The molecule has 0 unspecified atom stereocenters. The van der Waals surface area contributed by atoms with Gasteiger partial charge in [0.25, 0.3) is 0 Å². The van der Waals surface area contributed by atoms with Crippen LogP contribution in [0.1, 0.15) is 123 Å². The molecule has 20 nitrogen and oxygen atoms in total. The van der Waals surface area contributed by atoms with Gasteiger partial charge < -0.3 is 46.5 Å². The molecule has 1 saturated carbocycles. The van der Waals surface area contributed by atoms with Crippen molar-refractivity contribution in [2.24, 2.45) is 5.92 Å². The molecule has 8 rings (SSSR count). The number of allylic oxidation sites excluding steroid dienone is 4. The number of nitrogens with zero attached hydrogens (tertiary/aromatic N) is 1. The van der Waals surface area contributed by atoms with Crippen LogP contribution in [0.5, 0.6) is 0 Å². The number of carbonyl (C=O) groups excluding carboxylic acids is 9. The summed E-state index contributed by atoms with van der Waals surface area (Å²) in [4.78, 5) is 134. The zero-order valence-electron chi connectivity index (χ0n) is 46.1. The molecule has 21 heteroatoms. The quantitative estimate of drug-likeness (QED) is 0.0203. The fourth-order valence-corrected chi connectivity index (χ4v) is 10.7. The topological polar surface area (TPSA) is 294 Å². The third-order valence-corrected chi connectivity index (χ3v) is 15.4. The number of carbonyl (C=O) groups is 9. The maximum atomic E-state index is 15.7. The van der Waals surface area contributed by atoms with E-state index >= 15 is 4.39 Å². The van der Waals surface area contributed by atoms with Gasteiger partial charge >= 0.3 is 5.97 Å². The van der Waals surface area contributed by atoms with E-state index in [1.165, 1.54) is 30.4 Å². The number of aromatic nitrogens is 1. The van der Waals surface area contributed by atoms with Crippen molar-refractivity contribution >= 4 is 63.9 Å². The Kier molecular flexibility index (Phi) is 19.7. The van der Waals surface area contributed by atoms with Crippen LogP contribution in [0.25, 0.3) is 22.2 Å². The van der Waals surface area contributed by atoms with Gasteiger partial charge in [0.2, 0.25) is 35.4 Å². The molecule has 82 heavy (non-hydrogen) atoms. The first kappa shape index (κ1) is 59.8. The van der Waals surface area contributed by atoms with Crippen molar-refractivity contribution in [1.29, 1.82) is 0 Å². The molecule has 7 N–H and O–H groups in total. The van der Waals surface area contributed by atoms with Crippen LogP contribution in [0.3, 0.4) is 0 Å². The van der Waals surface area contributed by atoms with Crippen LogP contribution in [-0.4, -0.2) is 102 Å². The molecular weight excluding hydrogens is 1060 g/mol. The highest BCUT2D eigenvalue weighted by Crippen LogP contribution is 2.44. The fourth-order valence-electron chi connectivity index (χ4n) is 10.7. The van der Waals surface area contributed by atoms with Gasteiger partial charge in [0.15, 0.2) is 22.6 Å². The molecule has 0 radical (unpaired) electrons. The number of nitrogens with one attached hydrogen (secondary N) is 6. The second-order valence-electron chi connectivity index (χ2n) is 21.1. The summed E-state index contributed by atoms with van der Waals surface area (Å²) in [5.41, 5.74) is 2.59. The highest BCUT2D eigenvalue weighted by molar-refractivity contribution is 6.17. The number of halogens is 1. The molecule has 1 fully saturated rings. The van der Waals surface area contributed by atoms with E-state index in [0.29, 0.717) is 95.8 Å². The Morgan fingerprint density at radius 3 is 2.30 bits per heavy atom. The van der Waals surface area contributed by atoms with Gasteiger partial charge in [-0.2, -0.15) is 0 Å². The number of cyclic esters (lactones) is 1. The first-order chi connectivity index (χ1) is 39.4. The molecular formula is C61H68FN7O13. The minimum absolute atomic E-state index is 0.0413. The molecule has 1 aliphatic heterocycles. The summed E-state index contributed by atoms with van der Waals surface area (Å²) in [5, 5.41) is 28.2. The lowest BCUT2D eigenvalue weighted by Gasteiger charge is -2.32. The lowest BCUT2D eigenvalue weighted by atomic mass is 9.80. The number of amides is 6. The molecule has 0 saturated heterocycles. The molecule has 4 aliphatic rings. The average Bonchev–Trinajstić information content (AvgIpc) is 4.40. The van der Waals surface area contributed by atoms with Gasteiger partial charge in [0.05, 0.1) is 36.9 Å². The van der Waals surface area contributed by atoms with Crippen molar-refractivity contribution in [3.8, 4) is 11.3 Å². The van der Waals surface area contributed by atoms with Crippen LogP contribution in [0.2, 0.25) is 0 Å². The number of pyridine rings is 1. The molecule has 3 aromatic carbocycles. The molecule has 0 bridgehead atoms. The zero-order chi connectivity index (χ0) is 58.7. The van der Waals surface area contributed by atoms with E-state index in [-0.39, 0.29) is 60.4 Å². The second kappa shape index (κ2) is 27.0. The molecule has 1 aromatic heterocycles. The molecule has 4 aromatic rings. The van der Waals surface area contributed by atoms with E-state index in [1.54, 1.807) is 56.3 Å². The first-order valence-corrected chi connectivity index (χ1v) is 27.9. The van der Waals surface area contributed by atoms with Crippen molar-refractivity contribution in [3.05, 3.63) is 133 Å². The number of hydrogen-bond donors (Lipinski definition) is 7. The van der Waals surface area contributed by atoms with Crippen molar-refractivity contribution in [1.82, 2.24) is 36.9 Å². The summed E-state index contributed by atoms with van der Waals surface area (Å²) in [6.45, 7) is 3.10. The highest BCUT2D eigenvalue weighted by atomic mass is 19.1. The summed E-state index contributed by atoms with van der Waals surface area (Å²) in [6, 6.07) is 12.9. The van der Waals surface area contributed by atoms with Crippen molar-refractivity contribution in [3.63, 3.8) is 0 Å². The van der Waals surface area contributed by atoms with Crippen LogP contribution in [0.15, 0.2) is 83.2 Å². The summed E-state index contributed by atoms with van der Waals surface area (Å²) in [5.74, 6) is -5.09. The monoisotopic (exact) mass is 1130 g/mol. The van der Waals surface area contributed by atoms with E-state index in [1.807, 2.05) is 6.92 Å².